The van der Waals surface area contributed by atoms with Gasteiger partial charge in [0.05, 0.1) is 18.7 Å². The molecule has 0 aromatic carbocycles. The molecule has 1 saturated heterocycles. The van der Waals surface area contributed by atoms with Gasteiger partial charge in [-0.1, -0.05) is 0 Å². The highest BCUT2D eigenvalue weighted by Gasteiger charge is 2.33. The second-order valence-electron chi connectivity index (χ2n) is 7.82. The van der Waals surface area contributed by atoms with E-state index >= 15 is 0 Å². The summed E-state index contributed by atoms with van der Waals surface area (Å²) in [5.41, 5.74) is 3.94. The molecule has 166 valence electrons. The third-order valence-electron chi connectivity index (χ3n) is 5.50. The normalized spacial score (nSPS) is 15.8. The van der Waals surface area contributed by atoms with Crippen molar-refractivity contribution in [3.63, 3.8) is 0 Å². The Hall–Kier alpha value is -3.30. The molecular weight excluding hydrogens is 398 g/mol. The summed E-state index contributed by atoms with van der Waals surface area (Å²) in [7, 11) is 1.55. The number of likely N-dealkylation sites (N-methyl/N-ethyl adjacent to an activating group) is 1. The third kappa shape index (κ3) is 4.89. The molecule has 1 unspecified atom stereocenters. The molecule has 0 saturated carbocycles. The summed E-state index contributed by atoms with van der Waals surface area (Å²) in [6.07, 6.45) is 1.50. The molecule has 10 nitrogen and oxygen atoms in total. The van der Waals surface area contributed by atoms with Gasteiger partial charge < -0.3 is 15.5 Å². The zero-order valence-corrected chi connectivity index (χ0v) is 18.7. The van der Waals surface area contributed by atoms with Crippen molar-refractivity contribution in [3.05, 3.63) is 34.4 Å². The standard InChI is InChI=1S/C21H29N7O3/c1-12-9-13(2)25-21(24-12)28-15(4)16(14(3)26-28)10-18(29)23-11-19(30)27-8-6-7-17(27)20(31)22-5/h9,17H,6-8,10-11H2,1-5H3,(H,22,31)(H,23,29). The van der Waals surface area contributed by atoms with Crippen LogP contribution in [0.5, 0.6) is 0 Å². The van der Waals surface area contributed by atoms with Crippen LogP contribution in [0.1, 0.15) is 41.2 Å². The highest BCUT2D eigenvalue weighted by atomic mass is 16.2. The molecule has 3 amide bonds. The second-order valence-corrected chi connectivity index (χ2v) is 7.82. The minimum absolute atomic E-state index is 0.0919. The molecule has 0 radical (unpaired) electrons. The number of hydrogen-bond donors (Lipinski definition) is 2. The van der Waals surface area contributed by atoms with E-state index in [-0.39, 0.29) is 30.7 Å². The summed E-state index contributed by atoms with van der Waals surface area (Å²) < 4.78 is 1.64. The van der Waals surface area contributed by atoms with E-state index in [2.05, 4.69) is 25.7 Å². The van der Waals surface area contributed by atoms with Crippen LogP contribution >= 0.6 is 0 Å². The fraction of sp³-hybridized carbons (Fsp3) is 0.524. The van der Waals surface area contributed by atoms with Gasteiger partial charge in [0.15, 0.2) is 0 Å². The van der Waals surface area contributed by atoms with E-state index in [0.717, 1.165) is 29.1 Å². The first-order valence-electron chi connectivity index (χ1n) is 10.4. The van der Waals surface area contributed by atoms with E-state index in [1.54, 1.807) is 11.7 Å². The van der Waals surface area contributed by atoms with E-state index in [9.17, 15) is 14.4 Å². The maximum Gasteiger partial charge on any atom is 0.251 e. The van der Waals surface area contributed by atoms with Crippen molar-refractivity contribution in [3.8, 4) is 5.95 Å². The number of aromatic nitrogens is 4. The van der Waals surface area contributed by atoms with Gasteiger partial charge in [-0.25, -0.2) is 14.6 Å². The summed E-state index contributed by atoms with van der Waals surface area (Å²) in [6, 6.07) is 1.42. The molecule has 2 aromatic rings. The van der Waals surface area contributed by atoms with Gasteiger partial charge in [0, 0.05) is 36.2 Å². The lowest BCUT2D eigenvalue weighted by molar-refractivity contribution is -0.138. The smallest absolute Gasteiger partial charge is 0.251 e. The lowest BCUT2D eigenvalue weighted by atomic mass is 10.1. The summed E-state index contributed by atoms with van der Waals surface area (Å²) in [4.78, 5) is 47.4. The van der Waals surface area contributed by atoms with Crippen molar-refractivity contribution in [1.29, 1.82) is 0 Å². The van der Waals surface area contributed by atoms with Crippen LogP contribution in [0.4, 0.5) is 0 Å². The van der Waals surface area contributed by atoms with Gasteiger partial charge >= 0.3 is 0 Å². The number of aryl methyl sites for hydroxylation is 3. The number of hydrogen-bond acceptors (Lipinski definition) is 6. The van der Waals surface area contributed by atoms with Gasteiger partial charge in [-0.15, -0.1) is 0 Å². The number of amides is 3. The van der Waals surface area contributed by atoms with Gasteiger partial charge in [0.2, 0.25) is 17.7 Å². The number of rotatable bonds is 6. The highest BCUT2D eigenvalue weighted by Crippen LogP contribution is 2.18. The Morgan fingerprint density at radius 3 is 2.45 bits per heavy atom. The van der Waals surface area contributed by atoms with E-state index in [4.69, 9.17) is 0 Å². The molecule has 1 aliphatic heterocycles. The third-order valence-corrected chi connectivity index (χ3v) is 5.50. The summed E-state index contributed by atoms with van der Waals surface area (Å²) in [5.74, 6) is -0.248. The van der Waals surface area contributed by atoms with Crippen molar-refractivity contribution in [2.24, 2.45) is 0 Å². The Morgan fingerprint density at radius 2 is 1.81 bits per heavy atom. The van der Waals surface area contributed by atoms with Crippen LogP contribution in [0, 0.1) is 27.7 Å². The zero-order valence-electron chi connectivity index (χ0n) is 18.7. The van der Waals surface area contributed by atoms with Gasteiger partial charge in [-0.2, -0.15) is 5.10 Å². The molecule has 1 fully saturated rings. The Labute approximate surface area is 181 Å². The first-order valence-corrected chi connectivity index (χ1v) is 10.4. The molecule has 3 heterocycles. The van der Waals surface area contributed by atoms with Gasteiger partial charge in [-0.3, -0.25) is 14.4 Å². The molecule has 0 bridgehead atoms. The zero-order chi connectivity index (χ0) is 22.7. The monoisotopic (exact) mass is 427 g/mol. The van der Waals surface area contributed by atoms with E-state index in [1.165, 1.54) is 4.90 Å². The summed E-state index contributed by atoms with van der Waals surface area (Å²) in [6.45, 7) is 7.87. The minimum Gasteiger partial charge on any atom is -0.357 e. The van der Waals surface area contributed by atoms with Crippen LogP contribution < -0.4 is 10.6 Å². The van der Waals surface area contributed by atoms with Crippen molar-refractivity contribution < 1.29 is 14.4 Å². The molecule has 3 rings (SSSR count). The lowest BCUT2D eigenvalue weighted by Gasteiger charge is -2.23. The van der Waals surface area contributed by atoms with Crippen molar-refractivity contribution in [2.75, 3.05) is 20.1 Å². The Kier molecular flexibility index (Phi) is 6.67. The minimum atomic E-state index is -0.463. The van der Waals surface area contributed by atoms with Crippen LogP contribution in [0.15, 0.2) is 6.07 Å². The maximum absolute atomic E-state index is 12.5. The van der Waals surface area contributed by atoms with Crippen LogP contribution in [0.25, 0.3) is 5.95 Å². The highest BCUT2D eigenvalue weighted by molar-refractivity contribution is 5.90. The average Bonchev–Trinajstić information content (AvgIpc) is 3.31. The van der Waals surface area contributed by atoms with Crippen molar-refractivity contribution >= 4 is 17.7 Å². The number of likely N-dealkylation sites (tertiary alicyclic amines) is 1. The molecular formula is C21H29N7O3. The second kappa shape index (κ2) is 9.23. The van der Waals surface area contributed by atoms with E-state index in [1.807, 2.05) is 33.8 Å². The SMILES string of the molecule is CNC(=O)C1CCCN1C(=O)CNC(=O)Cc1c(C)nn(-c2nc(C)cc(C)n2)c1C. The average molecular weight is 428 g/mol. The topological polar surface area (TPSA) is 122 Å². The van der Waals surface area contributed by atoms with Crippen LogP contribution in [0.2, 0.25) is 0 Å². The molecule has 31 heavy (non-hydrogen) atoms. The Bertz CT molecular complexity index is 994. The maximum atomic E-state index is 12.5. The molecule has 1 atom stereocenters. The first kappa shape index (κ1) is 22.4. The number of carbonyl (C=O) groups is 3. The molecule has 2 aromatic heterocycles. The fourth-order valence-electron chi connectivity index (χ4n) is 3.93. The summed E-state index contributed by atoms with van der Waals surface area (Å²) >= 11 is 0. The van der Waals surface area contributed by atoms with Gasteiger partial charge in [-0.05, 0) is 46.6 Å². The first-order chi connectivity index (χ1) is 14.7. The Balaban J connectivity index is 1.65. The summed E-state index contributed by atoms with van der Waals surface area (Å²) in [5, 5.41) is 9.77. The van der Waals surface area contributed by atoms with Crippen LogP contribution in [0.3, 0.4) is 0 Å². The molecule has 0 aliphatic carbocycles. The van der Waals surface area contributed by atoms with Gasteiger partial charge in [0.25, 0.3) is 5.95 Å². The quantitative estimate of drug-likeness (QED) is 0.683. The number of nitrogens with one attached hydrogen (secondary N) is 2. The molecule has 2 N–H and O–H groups in total. The predicted molar refractivity (Wildman–Crippen MR) is 114 cm³/mol. The molecule has 10 heteroatoms. The lowest BCUT2D eigenvalue weighted by Crippen LogP contribution is -2.48. The number of carbonyl (C=O) groups excluding carboxylic acids is 3. The molecule has 0 spiro atoms. The van der Waals surface area contributed by atoms with E-state index < -0.39 is 6.04 Å². The van der Waals surface area contributed by atoms with Crippen molar-refractivity contribution in [2.45, 2.75) is 53.0 Å². The van der Waals surface area contributed by atoms with Crippen LogP contribution in [-0.4, -0.2) is 68.5 Å². The number of nitrogens with zero attached hydrogens (tertiary/aromatic N) is 5. The van der Waals surface area contributed by atoms with E-state index in [0.29, 0.717) is 24.6 Å². The fourth-order valence-corrected chi connectivity index (χ4v) is 3.93. The molecule has 1 aliphatic rings. The van der Waals surface area contributed by atoms with Crippen LogP contribution in [-0.2, 0) is 20.8 Å². The van der Waals surface area contributed by atoms with Gasteiger partial charge in [0.1, 0.15) is 6.04 Å². The largest absolute Gasteiger partial charge is 0.357 e. The Morgan fingerprint density at radius 1 is 1.13 bits per heavy atom. The predicted octanol–water partition coefficient (Wildman–Crippen LogP) is 0.292. The van der Waals surface area contributed by atoms with Crippen molar-refractivity contribution in [1.82, 2.24) is 35.3 Å².